The fraction of sp³-hybridized carbons (Fsp3) is 0.522. The van der Waals surface area contributed by atoms with Crippen molar-refractivity contribution in [2.45, 2.75) is 65.5 Å². The van der Waals surface area contributed by atoms with E-state index in [1.807, 2.05) is 19.9 Å². The molecule has 0 radical (unpaired) electrons. The molecule has 0 fully saturated rings. The Kier molecular flexibility index (Phi) is 10.1. The van der Waals surface area contributed by atoms with Crippen molar-refractivity contribution >= 4 is 18.0 Å². The molecule has 0 saturated heterocycles. The van der Waals surface area contributed by atoms with Crippen LogP contribution in [0, 0.1) is 11.8 Å². The molecule has 160 valence electrons. The van der Waals surface area contributed by atoms with Crippen LogP contribution in [0.1, 0.15) is 52.5 Å². The van der Waals surface area contributed by atoms with E-state index in [1.165, 1.54) is 0 Å². The molecule has 0 heterocycles. The van der Waals surface area contributed by atoms with Crippen molar-refractivity contribution in [3.63, 3.8) is 0 Å². The van der Waals surface area contributed by atoms with Crippen LogP contribution in [0.2, 0.25) is 0 Å². The molecule has 6 heteroatoms. The molecule has 29 heavy (non-hydrogen) atoms. The van der Waals surface area contributed by atoms with Crippen molar-refractivity contribution in [1.29, 1.82) is 0 Å². The number of carboxylic acid groups (broad SMARTS) is 1. The van der Waals surface area contributed by atoms with Crippen molar-refractivity contribution in [2.24, 2.45) is 11.8 Å². The Hall–Kier alpha value is -2.63. The number of carbonyl (C=O) groups is 3. The first-order chi connectivity index (χ1) is 13.7. The van der Waals surface area contributed by atoms with E-state index in [0.29, 0.717) is 24.2 Å². The molecule has 1 unspecified atom stereocenters. The third-order valence-corrected chi connectivity index (χ3v) is 4.48. The highest BCUT2D eigenvalue weighted by Gasteiger charge is 2.39. The first-order valence-electron chi connectivity index (χ1n) is 10.1. The Morgan fingerprint density at radius 3 is 2.24 bits per heavy atom. The van der Waals surface area contributed by atoms with E-state index in [0.717, 1.165) is 5.56 Å². The molecule has 6 nitrogen and oxygen atoms in total. The van der Waals surface area contributed by atoms with Crippen molar-refractivity contribution in [2.75, 3.05) is 0 Å². The zero-order chi connectivity index (χ0) is 22.0. The Morgan fingerprint density at radius 1 is 1.14 bits per heavy atom. The summed E-state index contributed by atoms with van der Waals surface area (Å²) < 4.78 is 5.30. The number of carbonyl (C=O) groups excluding carboxylic acids is 2. The quantitative estimate of drug-likeness (QED) is 0.428. The highest BCUT2D eigenvalue weighted by Crippen LogP contribution is 2.23. The normalized spacial score (nSPS) is 13.0. The lowest BCUT2D eigenvalue weighted by atomic mass is 9.90. The van der Waals surface area contributed by atoms with Gasteiger partial charge in [-0.2, -0.15) is 0 Å². The number of amides is 2. The van der Waals surface area contributed by atoms with Crippen LogP contribution in [0.5, 0.6) is 0 Å². The second kappa shape index (κ2) is 12.0. The second-order valence-electron chi connectivity index (χ2n) is 7.87. The Morgan fingerprint density at radius 2 is 1.76 bits per heavy atom. The van der Waals surface area contributed by atoms with E-state index >= 15 is 0 Å². The summed E-state index contributed by atoms with van der Waals surface area (Å²) in [6, 6.07) is 7.80. The summed E-state index contributed by atoms with van der Waals surface area (Å²) in [7, 11) is 0. The molecule has 2 amide bonds. The van der Waals surface area contributed by atoms with Crippen molar-refractivity contribution in [1.82, 2.24) is 4.90 Å². The monoisotopic (exact) mass is 403 g/mol. The number of nitrogens with zero attached hydrogens (tertiary/aromatic N) is 1. The molecule has 0 bridgehead atoms. The first-order valence-corrected chi connectivity index (χ1v) is 10.1. The number of ether oxygens (including phenoxy) is 1. The maximum atomic E-state index is 13.3. The largest absolute Gasteiger partial charge is 0.465 e. The lowest BCUT2D eigenvalue weighted by Crippen LogP contribution is -2.52. The summed E-state index contributed by atoms with van der Waals surface area (Å²) in [6.45, 7) is 11.0. The van der Waals surface area contributed by atoms with Gasteiger partial charge in [-0.25, -0.2) is 14.5 Å². The minimum Gasteiger partial charge on any atom is -0.465 e. The van der Waals surface area contributed by atoms with Gasteiger partial charge in [-0.05, 0) is 44.6 Å². The topological polar surface area (TPSA) is 83.9 Å². The molecular formula is C23H33NO5. The maximum Gasteiger partial charge on any atom is 0.414 e. The smallest absolute Gasteiger partial charge is 0.414 e. The summed E-state index contributed by atoms with van der Waals surface area (Å²) in [5.41, 5.74) is 0.753. The summed E-state index contributed by atoms with van der Waals surface area (Å²) in [4.78, 5) is 38.8. The molecule has 0 aromatic heterocycles. The van der Waals surface area contributed by atoms with Gasteiger partial charge < -0.3 is 9.84 Å². The van der Waals surface area contributed by atoms with Crippen LogP contribution < -0.4 is 0 Å². The van der Waals surface area contributed by atoms with Crippen LogP contribution in [0.25, 0.3) is 0 Å². The first kappa shape index (κ1) is 24.4. The van der Waals surface area contributed by atoms with Gasteiger partial charge in [0.05, 0.1) is 6.10 Å². The Labute approximate surface area is 173 Å². The van der Waals surface area contributed by atoms with Crippen LogP contribution in [0.15, 0.2) is 43.0 Å². The summed E-state index contributed by atoms with van der Waals surface area (Å²) in [6.07, 6.45) is 1.54. The zero-order valence-corrected chi connectivity index (χ0v) is 17.8. The van der Waals surface area contributed by atoms with Gasteiger partial charge in [-0.3, -0.25) is 4.79 Å². The number of allylic oxidation sites excluding steroid dienone is 1. The summed E-state index contributed by atoms with van der Waals surface area (Å²) >= 11 is 0. The van der Waals surface area contributed by atoms with Crippen molar-refractivity contribution < 1.29 is 24.2 Å². The van der Waals surface area contributed by atoms with E-state index in [1.54, 1.807) is 44.2 Å². The minimum atomic E-state index is -1.44. The molecule has 1 aromatic carbocycles. The van der Waals surface area contributed by atoms with Gasteiger partial charge in [0.15, 0.2) is 0 Å². The number of benzene rings is 1. The standard InChI is InChI=1S/C23H33NO5/c1-6-7-13-19(14-16(2)3)21(25)24(23(27)28)20(22(26)29-17(4)5)15-18-11-9-8-10-12-18/h6,8-12,16-17,19-20H,1,7,13-15H2,2-5H3,(H,27,28)/t19?,20-/m0/s1. The van der Waals surface area contributed by atoms with E-state index in [9.17, 15) is 19.5 Å². The molecule has 0 spiro atoms. The molecule has 0 aliphatic rings. The Balaban J connectivity index is 3.27. The van der Waals surface area contributed by atoms with E-state index in [-0.39, 0.29) is 12.3 Å². The highest BCUT2D eigenvalue weighted by atomic mass is 16.5. The molecule has 2 atom stereocenters. The van der Waals surface area contributed by atoms with Gasteiger partial charge in [0, 0.05) is 12.3 Å². The van der Waals surface area contributed by atoms with E-state index < -0.39 is 36.0 Å². The number of imide groups is 1. The van der Waals surface area contributed by atoms with E-state index in [4.69, 9.17) is 4.74 Å². The lowest BCUT2D eigenvalue weighted by molar-refractivity contribution is -0.158. The molecule has 1 rings (SSSR count). The number of rotatable bonds is 11. The second-order valence-corrected chi connectivity index (χ2v) is 7.87. The fourth-order valence-corrected chi connectivity index (χ4v) is 3.24. The fourth-order valence-electron chi connectivity index (χ4n) is 3.24. The van der Waals surface area contributed by atoms with Crippen LogP contribution in [0.4, 0.5) is 4.79 Å². The molecule has 1 aromatic rings. The van der Waals surface area contributed by atoms with Gasteiger partial charge in [0.1, 0.15) is 6.04 Å². The Bertz CT molecular complexity index is 684. The van der Waals surface area contributed by atoms with Gasteiger partial charge >= 0.3 is 12.1 Å². The SMILES string of the molecule is C=CCCC(CC(C)C)C(=O)N(C(=O)O)[C@@H](Cc1ccccc1)C(=O)OC(C)C. The van der Waals surface area contributed by atoms with Crippen molar-refractivity contribution in [3.05, 3.63) is 48.6 Å². The van der Waals surface area contributed by atoms with Crippen LogP contribution >= 0.6 is 0 Å². The molecule has 0 aliphatic carbocycles. The minimum absolute atomic E-state index is 0.0697. The average Bonchev–Trinajstić information content (AvgIpc) is 2.64. The summed E-state index contributed by atoms with van der Waals surface area (Å²) in [5, 5.41) is 9.86. The highest BCUT2D eigenvalue weighted by molar-refractivity contribution is 5.97. The predicted octanol–water partition coefficient (Wildman–Crippen LogP) is 4.68. The maximum absolute atomic E-state index is 13.3. The van der Waals surface area contributed by atoms with Gasteiger partial charge in [0.25, 0.3) is 0 Å². The summed E-state index contributed by atoms with van der Waals surface area (Å²) in [5.74, 6) is -1.57. The molecule has 0 saturated carbocycles. The number of hydrogen-bond acceptors (Lipinski definition) is 4. The molecule has 0 aliphatic heterocycles. The predicted molar refractivity (Wildman–Crippen MR) is 112 cm³/mol. The van der Waals surface area contributed by atoms with Crippen LogP contribution in [-0.2, 0) is 20.7 Å². The average molecular weight is 404 g/mol. The number of hydrogen-bond donors (Lipinski definition) is 1. The van der Waals surface area contributed by atoms with Gasteiger partial charge in [0.2, 0.25) is 5.91 Å². The van der Waals surface area contributed by atoms with Crippen LogP contribution in [-0.4, -0.2) is 40.1 Å². The van der Waals surface area contributed by atoms with Crippen molar-refractivity contribution in [3.8, 4) is 0 Å². The number of esters is 1. The lowest BCUT2D eigenvalue weighted by Gasteiger charge is -2.30. The third-order valence-electron chi connectivity index (χ3n) is 4.48. The zero-order valence-electron chi connectivity index (χ0n) is 17.8. The molecule has 1 N–H and O–H groups in total. The van der Waals surface area contributed by atoms with Gasteiger partial charge in [-0.15, -0.1) is 6.58 Å². The third kappa shape index (κ3) is 8.10. The van der Waals surface area contributed by atoms with Crippen LogP contribution in [0.3, 0.4) is 0 Å². The molecular weight excluding hydrogens is 370 g/mol. The van der Waals surface area contributed by atoms with Gasteiger partial charge in [-0.1, -0.05) is 50.3 Å². The van der Waals surface area contributed by atoms with E-state index in [2.05, 4.69) is 6.58 Å².